The Morgan fingerprint density at radius 3 is 2.24 bits per heavy atom. The largest absolute Gasteiger partial charge is 0.416 e. The van der Waals surface area contributed by atoms with Gasteiger partial charge in [0, 0.05) is 12.1 Å². The molecule has 2 unspecified atom stereocenters. The van der Waals surface area contributed by atoms with Crippen LogP contribution >= 0.6 is 0 Å². The Morgan fingerprint density at radius 1 is 1.24 bits per heavy atom. The monoisotopic (exact) mass is 253 g/mol. The summed E-state index contributed by atoms with van der Waals surface area (Å²) >= 11 is 0. The van der Waals surface area contributed by atoms with E-state index in [0.29, 0.717) is 6.07 Å². The summed E-state index contributed by atoms with van der Waals surface area (Å²) in [5.74, 6) is -1.24. The molecule has 0 aromatic heterocycles. The molecule has 4 N–H and O–H groups in total. The minimum atomic E-state index is -4.66. The van der Waals surface area contributed by atoms with Crippen molar-refractivity contribution < 1.29 is 27.8 Å². The van der Waals surface area contributed by atoms with Gasteiger partial charge in [-0.15, -0.1) is 0 Å². The molecule has 1 aromatic rings. The first kappa shape index (κ1) is 13.9. The third-order valence-corrected chi connectivity index (χ3v) is 2.25. The van der Waals surface area contributed by atoms with E-state index in [4.69, 9.17) is 10.8 Å². The Hall–Kier alpha value is -1.18. The van der Waals surface area contributed by atoms with Gasteiger partial charge in [-0.3, -0.25) is 0 Å². The predicted molar refractivity (Wildman–Crippen MR) is 51.4 cm³/mol. The second-order valence-corrected chi connectivity index (χ2v) is 3.48. The molecule has 0 aliphatic rings. The zero-order chi connectivity index (χ0) is 13.2. The molecule has 0 heterocycles. The SMILES string of the molecule is NCC(O)C(O)c1ccc(C(F)(F)F)cc1F. The van der Waals surface area contributed by atoms with Crippen molar-refractivity contribution in [2.45, 2.75) is 18.4 Å². The molecule has 3 nitrogen and oxygen atoms in total. The zero-order valence-electron chi connectivity index (χ0n) is 8.58. The highest BCUT2D eigenvalue weighted by atomic mass is 19.4. The van der Waals surface area contributed by atoms with Crippen molar-refractivity contribution in [2.75, 3.05) is 6.54 Å². The molecule has 96 valence electrons. The molecule has 0 aliphatic heterocycles. The zero-order valence-corrected chi connectivity index (χ0v) is 8.58. The first-order valence-electron chi connectivity index (χ1n) is 4.70. The third kappa shape index (κ3) is 3.15. The summed E-state index contributed by atoms with van der Waals surface area (Å²) in [4.78, 5) is 0. The second kappa shape index (κ2) is 4.99. The minimum Gasteiger partial charge on any atom is -0.389 e. The molecular weight excluding hydrogens is 242 g/mol. The van der Waals surface area contributed by atoms with E-state index in [1.165, 1.54) is 0 Å². The van der Waals surface area contributed by atoms with Gasteiger partial charge >= 0.3 is 6.18 Å². The Balaban J connectivity index is 3.06. The van der Waals surface area contributed by atoms with Crippen LogP contribution in [0.25, 0.3) is 0 Å². The van der Waals surface area contributed by atoms with Gasteiger partial charge in [-0.1, -0.05) is 6.07 Å². The number of rotatable bonds is 3. The fraction of sp³-hybridized carbons (Fsp3) is 0.400. The van der Waals surface area contributed by atoms with E-state index in [0.717, 1.165) is 6.07 Å². The highest BCUT2D eigenvalue weighted by Gasteiger charge is 2.32. The first-order valence-corrected chi connectivity index (χ1v) is 4.70. The molecule has 1 rings (SSSR count). The van der Waals surface area contributed by atoms with E-state index in [9.17, 15) is 22.7 Å². The van der Waals surface area contributed by atoms with Gasteiger partial charge in [0.2, 0.25) is 0 Å². The Morgan fingerprint density at radius 2 is 1.82 bits per heavy atom. The summed E-state index contributed by atoms with van der Waals surface area (Å²) in [6.45, 7) is -0.332. The Labute approximate surface area is 94.5 Å². The first-order chi connectivity index (χ1) is 7.77. The molecule has 0 fully saturated rings. The molecule has 0 saturated carbocycles. The lowest BCUT2D eigenvalue weighted by molar-refractivity contribution is -0.137. The standard InChI is InChI=1S/C10H11F4NO2/c11-7-3-5(10(12,13)14)1-2-6(7)9(17)8(16)4-15/h1-3,8-9,16-17H,4,15H2. The highest BCUT2D eigenvalue weighted by Crippen LogP contribution is 2.31. The molecule has 0 amide bonds. The summed E-state index contributed by atoms with van der Waals surface area (Å²) in [5.41, 5.74) is 3.47. The molecule has 0 aliphatic carbocycles. The number of halogens is 4. The van der Waals surface area contributed by atoms with Crippen molar-refractivity contribution in [3.63, 3.8) is 0 Å². The molecule has 0 saturated heterocycles. The molecule has 17 heavy (non-hydrogen) atoms. The number of benzene rings is 1. The summed E-state index contributed by atoms with van der Waals surface area (Å²) in [6, 6.07) is 1.67. The highest BCUT2D eigenvalue weighted by molar-refractivity contribution is 5.28. The van der Waals surface area contributed by atoms with E-state index in [1.807, 2.05) is 0 Å². The lowest BCUT2D eigenvalue weighted by atomic mass is 10.0. The van der Waals surface area contributed by atoms with Crippen molar-refractivity contribution in [3.8, 4) is 0 Å². The van der Waals surface area contributed by atoms with Crippen LogP contribution in [0.3, 0.4) is 0 Å². The van der Waals surface area contributed by atoms with Gasteiger partial charge in [-0.25, -0.2) is 4.39 Å². The lowest BCUT2D eigenvalue weighted by Gasteiger charge is -2.17. The van der Waals surface area contributed by atoms with Gasteiger partial charge in [-0.2, -0.15) is 13.2 Å². The third-order valence-electron chi connectivity index (χ3n) is 2.25. The average molecular weight is 253 g/mol. The number of alkyl halides is 3. The van der Waals surface area contributed by atoms with Crippen LogP contribution < -0.4 is 5.73 Å². The second-order valence-electron chi connectivity index (χ2n) is 3.48. The molecule has 0 radical (unpaired) electrons. The number of hydrogen-bond acceptors (Lipinski definition) is 3. The van der Waals surface area contributed by atoms with Crippen molar-refractivity contribution in [1.82, 2.24) is 0 Å². The van der Waals surface area contributed by atoms with Crippen LogP contribution in [0, 0.1) is 5.82 Å². The maximum Gasteiger partial charge on any atom is 0.416 e. The number of aliphatic hydroxyl groups is 2. The van der Waals surface area contributed by atoms with E-state index >= 15 is 0 Å². The summed E-state index contributed by atoms with van der Waals surface area (Å²) in [6.07, 6.45) is -7.74. The Bertz CT molecular complexity index is 394. The number of hydrogen-bond donors (Lipinski definition) is 3. The van der Waals surface area contributed by atoms with E-state index < -0.39 is 35.3 Å². The van der Waals surface area contributed by atoms with E-state index in [2.05, 4.69) is 0 Å². The van der Waals surface area contributed by atoms with Crippen LogP contribution in [0.15, 0.2) is 18.2 Å². The summed E-state index contributed by atoms with van der Waals surface area (Å²) in [7, 11) is 0. The topological polar surface area (TPSA) is 66.5 Å². The van der Waals surface area contributed by atoms with Crippen molar-refractivity contribution >= 4 is 0 Å². The fourth-order valence-corrected chi connectivity index (χ4v) is 1.28. The number of nitrogens with two attached hydrogens (primary N) is 1. The van der Waals surface area contributed by atoms with Gasteiger partial charge in [0.1, 0.15) is 11.9 Å². The molecular formula is C10H11F4NO2. The van der Waals surface area contributed by atoms with Crippen molar-refractivity contribution in [2.24, 2.45) is 5.73 Å². The van der Waals surface area contributed by atoms with Crippen LogP contribution in [0.2, 0.25) is 0 Å². The molecule has 1 aromatic carbocycles. The van der Waals surface area contributed by atoms with Gasteiger partial charge < -0.3 is 15.9 Å². The van der Waals surface area contributed by atoms with Gasteiger partial charge in [-0.05, 0) is 12.1 Å². The molecule has 0 bridgehead atoms. The van der Waals surface area contributed by atoms with Gasteiger partial charge in [0.05, 0.1) is 11.7 Å². The van der Waals surface area contributed by atoms with Crippen LogP contribution in [0.5, 0.6) is 0 Å². The molecule has 2 atom stereocenters. The maximum atomic E-state index is 13.3. The van der Waals surface area contributed by atoms with Gasteiger partial charge in [0.15, 0.2) is 0 Å². The van der Waals surface area contributed by atoms with Crippen molar-refractivity contribution in [3.05, 3.63) is 35.1 Å². The summed E-state index contributed by atoms with van der Waals surface area (Å²) in [5, 5.41) is 18.6. The Kier molecular flexibility index (Phi) is 4.07. The lowest BCUT2D eigenvalue weighted by Crippen LogP contribution is -2.27. The predicted octanol–water partition coefficient (Wildman–Crippen LogP) is 1.20. The molecule has 7 heteroatoms. The summed E-state index contributed by atoms with van der Waals surface area (Å²) < 4.78 is 50.0. The van der Waals surface area contributed by atoms with Crippen molar-refractivity contribution in [1.29, 1.82) is 0 Å². The van der Waals surface area contributed by atoms with E-state index in [-0.39, 0.29) is 12.6 Å². The smallest absolute Gasteiger partial charge is 0.389 e. The number of aliphatic hydroxyl groups excluding tert-OH is 2. The quantitative estimate of drug-likeness (QED) is 0.709. The average Bonchev–Trinajstić information content (AvgIpc) is 2.25. The van der Waals surface area contributed by atoms with Crippen LogP contribution in [0.1, 0.15) is 17.2 Å². The molecule has 0 spiro atoms. The van der Waals surface area contributed by atoms with Crippen LogP contribution in [-0.4, -0.2) is 22.9 Å². The maximum absolute atomic E-state index is 13.3. The van der Waals surface area contributed by atoms with Crippen LogP contribution in [0.4, 0.5) is 17.6 Å². The van der Waals surface area contributed by atoms with E-state index in [1.54, 1.807) is 0 Å². The normalized spacial score (nSPS) is 15.7. The fourth-order valence-electron chi connectivity index (χ4n) is 1.28. The minimum absolute atomic E-state index is 0.266. The van der Waals surface area contributed by atoms with Gasteiger partial charge in [0.25, 0.3) is 0 Å². The van der Waals surface area contributed by atoms with Crippen LogP contribution in [-0.2, 0) is 6.18 Å².